The number of nitrogens with one attached hydrogen (secondary N) is 1. The van der Waals surface area contributed by atoms with E-state index >= 15 is 0 Å². The van der Waals surface area contributed by atoms with Crippen molar-refractivity contribution < 1.29 is 22.7 Å². The van der Waals surface area contributed by atoms with E-state index in [1.54, 1.807) is 67.8 Å². The number of ether oxygens (including phenoxy) is 1. The number of benzene rings is 4. The van der Waals surface area contributed by atoms with Gasteiger partial charge in [-0.15, -0.1) is 0 Å². The summed E-state index contributed by atoms with van der Waals surface area (Å²) < 4.78 is 34.5. The van der Waals surface area contributed by atoms with Gasteiger partial charge in [-0.05, 0) is 80.4 Å². The van der Waals surface area contributed by atoms with Gasteiger partial charge in [0.05, 0.1) is 17.7 Å². The molecule has 236 valence electrons. The Morgan fingerprint density at radius 3 is 2.04 bits per heavy atom. The van der Waals surface area contributed by atoms with E-state index in [9.17, 15) is 18.0 Å². The molecule has 2 amide bonds. The summed E-state index contributed by atoms with van der Waals surface area (Å²) in [6.07, 6.45) is 0.213. The zero-order valence-electron chi connectivity index (χ0n) is 25.8. The van der Waals surface area contributed by atoms with Gasteiger partial charge in [0.2, 0.25) is 11.8 Å². The van der Waals surface area contributed by atoms with Crippen molar-refractivity contribution in [3.63, 3.8) is 0 Å². The molecule has 4 aromatic rings. The van der Waals surface area contributed by atoms with E-state index in [4.69, 9.17) is 16.3 Å². The largest absolute Gasteiger partial charge is 0.497 e. The SMILES string of the molecule is COc1cccc(CN(C(=O)CN(c2ccc(Cl)cc2)S(=O)(=O)c2ccccc2)C(Cc2ccccc2)C(=O)NC(C)(C)C)c1. The minimum absolute atomic E-state index is 0.0263. The molecule has 0 heterocycles. The minimum atomic E-state index is -4.19. The Morgan fingerprint density at radius 1 is 0.844 bits per heavy atom. The van der Waals surface area contributed by atoms with Crippen LogP contribution in [0, 0.1) is 0 Å². The van der Waals surface area contributed by atoms with Crippen LogP contribution in [0.4, 0.5) is 5.69 Å². The second-order valence-corrected chi connectivity index (χ2v) is 13.9. The van der Waals surface area contributed by atoms with E-state index in [1.807, 2.05) is 57.2 Å². The van der Waals surface area contributed by atoms with Crippen LogP contribution in [-0.2, 0) is 32.6 Å². The molecule has 0 saturated heterocycles. The molecule has 45 heavy (non-hydrogen) atoms. The fourth-order valence-electron chi connectivity index (χ4n) is 4.83. The number of sulfonamides is 1. The third kappa shape index (κ3) is 9.09. The van der Waals surface area contributed by atoms with Gasteiger partial charge in [-0.3, -0.25) is 13.9 Å². The van der Waals surface area contributed by atoms with Crippen molar-refractivity contribution >= 4 is 39.1 Å². The van der Waals surface area contributed by atoms with Crippen LogP contribution in [0.15, 0.2) is 114 Å². The molecule has 0 saturated carbocycles. The first-order valence-corrected chi connectivity index (χ1v) is 16.3. The predicted molar refractivity (Wildman–Crippen MR) is 178 cm³/mol. The lowest BCUT2D eigenvalue weighted by molar-refractivity contribution is -0.140. The number of carbonyl (C=O) groups is 2. The molecule has 0 aromatic heterocycles. The summed E-state index contributed by atoms with van der Waals surface area (Å²) in [5, 5.41) is 3.45. The summed E-state index contributed by atoms with van der Waals surface area (Å²) in [5.74, 6) is -0.322. The third-order valence-electron chi connectivity index (χ3n) is 6.98. The Labute approximate surface area is 270 Å². The number of anilines is 1. The van der Waals surface area contributed by atoms with Crippen LogP contribution in [0.5, 0.6) is 5.75 Å². The number of carbonyl (C=O) groups excluding carboxylic acids is 2. The standard InChI is InChI=1S/C35H38ClN3O5S/c1-35(2,3)37-34(41)32(23-26-12-7-5-8-13-26)38(24-27-14-11-15-30(22-27)44-4)33(40)25-39(29-20-18-28(36)19-21-29)45(42,43)31-16-9-6-10-17-31/h5-22,32H,23-25H2,1-4H3,(H,37,41). The van der Waals surface area contributed by atoms with Crippen molar-refractivity contribution in [3.8, 4) is 5.75 Å². The lowest BCUT2D eigenvalue weighted by Gasteiger charge is -2.35. The molecule has 8 nitrogen and oxygen atoms in total. The first-order chi connectivity index (χ1) is 21.4. The molecule has 0 fully saturated rings. The lowest BCUT2D eigenvalue weighted by atomic mass is 10.0. The minimum Gasteiger partial charge on any atom is -0.497 e. The van der Waals surface area contributed by atoms with Gasteiger partial charge >= 0.3 is 0 Å². The summed E-state index contributed by atoms with van der Waals surface area (Å²) in [6.45, 7) is 5.08. The maximum absolute atomic E-state index is 14.5. The maximum Gasteiger partial charge on any atom is 0.264 e. The second kappa shape index (κ2) is 14.6. The molecule has 0 aliphatic rings. The first kappa shape index (κ1) is 33.6. The van der Waals surface area contributed by atoms with Crippen molar-refractivity contribution in [1.29, 1.82) is 0 Å². The van der Waals surface area contributed by atoms with Crippen LogP contribution in [0.1, 0.15) is 31.9 Å². The van der Waals surface area contributed by atoms with Gasteiger partial charge in [0.1, 0.15) is 18.3 Å². The number of hydrogen-bond acceptors (Lipinski definition) is 5. The average molecular weight is 648 g/mol. The molecule has 1 unspecified atom stereocenters. The normalized spacial score (nSPS) is 12.2. The predicted octanol–water partition coefficient (Wildman–Crippen LogP) is 6.10. The van der Waals surface area contributed by atoms with E-state index in [1.165, 1.54) is 17.0 Å². The Morgan fingerprint density at radius 2 is 1.44 bits per heavy atom. The number of amides is 2. The molecular weight excluding hydrogens is 610 g/mol. The van der Waals surface area contributed by atoms with E-state index in [2.05, 4.69) is 5.32 Å². The average Bonchev–Trinajstić information content (AvgIpc) is 3.02. The highest BCUT2D eigenvalue weighted by molar-refractivity contribution is 7.92. The number of methoxy groups -OCH3 is 1. The zero-order valence-corrected chi connectivity index (χ0v) is 27.4. The molecule has 0 spiro atoms. The molecular formula is C35H38ClN3O5S. The van der Waals surface area contributed by atoms with E-state index in [0.717, 1.165) is 9.87 Å². The van der Waals surface area contributed by atoms with Crippen LogP contribution in [0.3, 0.4) is 0 Å². The fraction of sp³-hybridized carbons (Fsp3) is 0.257. The summed E-state index contributed by atoms with van der Waals surface area (Å²) in [7, 11) is -2.64. The van der Waals surface area contributed by atoms with E-state index < -0.39 is 34.1 Å². The van der Waals surface area contributed by atoms with Gasteiger partial charge in [-0.1, -0.05) is 72.3 Å². The van der Waals surface area contributed by atoms with Gasteiger partial charge < -0.3 is 15.0 Å². The molecule has 10 heteroatoms. The van der Waals surface area contributed by atoms with Gasteiger partial charge in [0.25, 0.3) is 10.0 Å². The van der Waals surface area contributed by atoms with E-state index in [0.29, 0.717) is 16.3 Å². The highest BCUT2D eigenvalue weighted by Crippen LogP contribution is 2.27. The summed E-state index contributed by atoms with van der Waals surface area (Å²) in [5.41, 5.74) is 1.24. The highest BCUT2D eigenvalue weighted by atomic mass is 35.5. The Balaban J connectivity index is 1.82. The zero-order chi connectivity index (χ0) is 32.6. The molecule has 4 rings (SSSR count). The summed E-state index contributed by atoms with van der Waals surface area (Å²) >= 11 is 6.13. The highest BCUT2D eigenvalue weighted by Gasteiger charge is 2.35. The molecule has 4 aromatic carbocycles. The number of halogens is 1. The molecule has 0 bridgehead atoms. The molecule has 0 radical (unpaired) electrons. The van der Waals surface area contributed by atoms with Crippen molar-refractivity contribution in [2.45, 2.75) is 50.2 Å². The summed E-state index contributed by atoms with van der Waals surface area (Å²) in [6, 6.07) is 29.8. The molecule has 1 N–H and O–H groups in total. The Kier molecular flexibility index (Phi) is 10.9. The van der Waals surface area contributed by atoms with Crippen molar-refractivity contribution in [1.82, 2.24) is 10.2 Å². The van der Waals surface area contributed by atoms with Crippen LogP contribution < -0.4 is 14.4 Å². The summed E-state index contributed by atoms with van der Waals surface area (Å²) in [4.78, 5) is 29.9. The van der Waals surface area contributed by atoms with Gasteiger partial charge in [0.15, 0.2) is 0 Å². The molecule has 1 atom stereocenters. The maximum atomic E-state index is 14.5. The third-order valence-corrected chi connectivity index (χ3v) is 9.02. The number of hydrogen-bond donors (Lipinski definition) is 1. The molecule has 0 aliphatic heterocycles. The fourth-order valence-corrected chi connectivity index (χ4v) is 6.39. The number of rotatable bonds is 12. The Hall–Kier alpha value is -4.34. The smallest absolute Gasteiger partial charge is 0.264 e. The van der Waals surface area contributed by atoms with Gasteiger partial charge in [-0.25, -0.2) is 8.42 Å². The van der Waals surface area contributed by atoms with Crippen LogP contribution >= 0.6 is 11.6 Å². The van der Waals surface area contributed by atoms with Crippen molar-refractivity contribution in [3.05, 3.63) is 125 Å². The van der Waals surface area contributed by atoms with Gasteiger partial charge in [-0.2, -0.15) is 0 Å². The van der Waals surface area contributed by atoms with Crippen LogP contribution in [0.2, 0.25) is 5.02 Å². The molecule has 0 aliphatic carbocycles. The topological polar surface area (TPSA) is 96.0 Å². The van der Waals surface area contributed by atoms with Crippen molar-refractivity contribution in [2.24, 2.45) is 0 Å². The monoisotopic (exact) mass is 647 g/mol. The van der Waals surface area contributed by atoms with Crippen LogP contribution in [-0.4, -0.2) is 50.4 Å². The first-order valence-electron chi connectivity index (χ1n) is 14.5. The number of nitrogens with zero attached hydrogens (tertiary/aromatic N) is 2. The van der Waals surface area contributed by atoms with Gasteiger partial charge in [0, 0.05) is 23.5 Å². The van der Waals surface area contributed by atoms with Crippen molar-refractivity contribution in [2.75, 3.05) is 18.0 Å². The Bertz CT molecular complexity index is 1690. The quantitative estimate of drug-likeness (QED) is 0.201. The van der Waals surface area contributed by atoms with E-state index in [-0.39, 0.29) is 29.5 Å². The lowest BCUT2D eigenvalue weighted by Crippen LogP contribution is -2.56. The van der Waals surface area contributed by atoms with Crippen LogP contribution in [0.25, 0.3) is 0 Å². The second-order valence-electron chi connectivity index (χ2n) is 11.6.